The van der Waals surface area contributed by atoms with Crippen molar-refractivity contribution < 1.29 is 27.6 Å². The number of rotatable bonds is 2. The molecule has 0 aliphatic heterocycles. The lowest BCUT2D eigenvalue weighted by Crippen LogP contribution is -2.07. The van der Waals surface area contributed by atoms with Crippen LogP contribution in [0.3, 0.4) is 0 Å². The van der Waals surface area contributed by atoms with Crippen molar-refractivity contribution in [2.45, 2.75) is 6.18 Å². The number of benzene rings is 1. The number of halogens is 4. The van der Waals surface area contributed by atoms with Gasteiger partial charge in [0.15, 0.2) is 0 Å². The fourth-order valence-electron chi connectivity index (χ4n) is 1.51. The van der Waals surface area contributed by atoms with E-state index in [2.05, 4.69) is 25.6 Å². The van der Waals surface area contributed by atoms with E-state index in [4.69, 9.17) is 5.11 Å². The molecule has 0 unspecified atom stereocenters. The van der Waals surface area contributed by atoms with Gasteiger partial charge >= 0.3 is 12.1 Å². The summed E-state index contributed by atoms with van der Waals surface area (Å²) >= 11 is 2.99. The third-order valence-electron chi connectivity index (χ3n) is 2.30. The van der Waals surface area contributed by atoms with Gasteiger partial charge in [0.25, 0.3) is 0 Å². The van der Waals surface area contributed by atoms with Crippen LogP contribution in [-0.4, -0.2) is 16.2 Å². The van der Waals surface area contributed by atoms with Crippen LogP contribution in [0.4, 0.5) is 13.2 Å². The molecule has 0 radical (unpaired) electrons. The van der Waals surface area contributed by atoms with E-state index in [1.54, 1.807) is 0 Å². The maximum Gasteiger partial charge on any atom is 0.417 e. The molecule has 1 N–H and O–H groups in total. The maximum absolute atomic E-state index is 12.9. The van der Waals surface area contributed by atoms with Gasteiger partial charge in [-0.25, -0.2) is 4.79 Å². The summed E-state index contributed by atoms with van der Waals surface area (Å²) in [6, 6.07) is 4.46. The highest BCUT2D eigenvalue weighted by molar-refractivity contribution is 9.10. The summed E-state index contributed by atoms with van der Waals surface area (Å²) in [6.45, 7) is 0. The molecule has 4 nitrogen and oxygen atoms in total. The topological polar surface area (TPSA) is 63.3 Å². The zero-order valence-corrected chi connectivity index (χ0v) is 10.6. The van der Waals surface area contributed by atoms with Crippen molar-refractivity contribution in [3.05, 3.63) is 40.1 Å². The van der Waals surface area contributed by atoms with Gasteiger partial charge in [-0.3, -0.25) is 0 Å². The first kappa shape index (κ1) is 13.6. The smallest absolute Gasteiger partial charge is 0.417 e. The number of nitrogens with zero attached hydrogens (tertiary/aromatic N) is 1. The van der Waals surface area contributed by atoms with Crippen LogP contribution in [0.2, 0.25) is 0 Å². The molecule has 0 aliphatic carbocycles. The molecular formula is C11H5BrF3NO3. The molecule has 0 aliphatic rings. The van der Waals surface area contributed by atoms with Crippen LogP contribution in [-0.2, 0) is 6.18 Å². The number of aromatic nitrogens is 1. The van der Waals surface area contributed by atoms with Crippen molar-refractivity contribution in [3.8, 4) is 11.3 Å². The number of aromatic carboxylic acids is 1. The number of hydrogen-bond donors (Lipinski definition) is 1. The Balaban J connectivity index is 2.63. The molecule has 0 bridgehead atoms. The van der Waals surface area contributed by atoms with E-state index in [-0.39, 0.29) is 15.7 Å². The maximum atomic E-state index is 12.9. The van der Waals surface area contributed by atoms with Crippen LogP contribution in [0.1, 0.15) is 16.1 Å². The Morgan fingerprint density at radius 2 is 2.05 bits per heavy atom. The zero-order chi connectivity index (χ0) is 14.2. The predicted octanol–water partition coefficient (Wildman–Crippen LogP) is 3.82. The van der Waals surface area contributed by atoms with E-state index < -0.39 is 23.5 Å². The standard InChI is InChI=1S/C11H5BrF3NO3/c12-6-3-1-2-5(11(13,14)15)9(6)7-4-8(10(17)18)19-16-7/h1-4H,(H,17,18). The summed E-state index contributed by atoms with van der Waals surface area (Å²) in [4.78, 5) is 10.6. The van der Waals surface area contributed by atoms with Crippen LogP contribution < -0.4 is 0 Å². The SMILES string of the molecule is O=C(O)c1cc(-c2c(Br)cccc2C(F)(F)F)no1. The Kier molecular flexibility index (Phi) is 3.36. The van der Waals surface area contributed by atoms with Crippen molar-refractivity contribution in [1.82, 2.24) is 5.16 Å². The lowest BCUT2D eigenvalue weighted by molar-refractivity contribution is -0.137. The van der Waals surface area contributed by atoms with E-state index in [1.807, 2.05) is 0 Å². The van der Waals surface area contributed by atoms with Crippen molar-refractivity contribution in [3.63, 3.8) is 0 Å². The largest absolute Gasteiger partial charge is 0.475 e. The molecule has 1 aromatic heterocycles. The Bertz CT molecular complexity index is 636. The molecule has 1 heterocycles. The fourth-order valence-corrected chi connectivity index (χ4v) is 2.08. The molecule has 8 heteroatoms. The molecule has 100 valence electrons. The second-order valence-corrected chi connectivity index (χ2v) is 4.40. The molecule has 0 fully saturated rings. The van der Waals surface area contributed by atoms with Crippen molar-refractivity contribution in [2.24, 2.45) is 0 Å². The molecule has 0 atom stereocenters. The molecule has 0 spiro atoms. The number of hydrogen-bond acceptors (Lipinski definition) is 3. The summed E-state index contributed by atoms with van der Waals surface area (Å²) < 4.78 is 43.3. The predicted molar refractivity (Wildman–Crippen MR) is 61.6 cm³/mol. The zero-order valence-electron chi connectivity index (χ0n) is 9.03. The molecule has 19 heavy (non-hydrogen) atoms. The van der Waals surface area contributed by atoms with Crippen molar-refractivity contribution in [1.29, 1.82) is 0 Å². The van der Waals surface area contributed by atoms with Crippen LogP contribution in [0.5, 0.6) is 0 Å². The Morgan fingerprint density at radius 1 is 1.37 bits per heavy atom. The van der Waals surface area contributed by atoms with Crippen LogP contribution in [0.25, 0.3) is 11.3 Å². The molecule has 0 amide bonds. The van der Waals surface area contributed by atoms with Gasteiger partial charge < -0.3 is 9.63 Å². The third-order valence-corrected chi connectivity index (χ3v) is 2.96. The highest BCUT2D eigenvalue weighted by Gasteiger charge is 2.35. The normalized spacial score (nSPS) is 11.6. The quantitative estimate of drug-likeness (QED) is 0.906. The van der Waals surface area contributed by atoms with Gasteiger partial charge in [0.2, 0.25) is 5.76 Å². The van der Waals surface area contributed by atoms with E-state index in [0.717, 1.165) is 12.1 Å². The molecule has 0 saturated carbocycles. The lowest BCUT2D eigenvalue weighted by atomic mass is 10.0. The Labute approximate surface area is 113 Å². The Morgan fingerprint density at radius 3 is 2.58 bits per heavy atom. The number of carboxylic acid groups (broad SMARTS) is 1. The summed E-state index contributed by atoms with van der Waals surface area (Å²) in [5.41, 5.74) is -1.38. The number of carbonyl (C=O) groups is 1. The first-order valence-corrected chi connectivity index (χ1v) is 5.66. The Hall–Kier alpha value is -1.83. The third kappa shape index (κ3) is 2.62. The summed E-state index contributed by atoms with van der Waals surface area (Å²) in [5.74, 6) is -1.93. The lowest BCUT2D eigenvalue weighted by Gasteiger charge is -2.12. The second-order valence-electron chi connectivity index (χ2n) is 3.54. The van der Waals surface area contributed by atoms with Crippen molar-refractivity contribution >= 4 is 21.9 Å². The second kappa shape index (κ2) is 4.69. The van der Waals surface area contributed by atoms with Gasteiger partial charge in [-0.2, -0.15) is 13.2 Å². The molecule has 2 aromatic rings. The van der Waals surface area contributed by atoms with Gasteiger partial charge in [-0.1, -0.05) is 27.2 Å². The minimum absolute atomic E-state index is 0.146. The minimum Gasteiger partial charge on any atom is -0.475 e. The summed E-state index contributed by atoms with van der Waals surface area (Å²) in [7, 11) is 0. The molecular weight excluding hydrogens is 331 g/mol. The first-order chi connectivity index (χ1) is 8.80. The van der Waals surface area contributed by atoms with Gasteiger partial charge in [-0.05, 0) is 12.1 Å². The van der Waals surface area contributed by atoms with Crippen molar-refractivity contribution in [2.75, 3.05) is 0 Å². The van der Waals surface area contributed by atoms with Gasteiger partial charge in [0.05, 0.1) is 5.56 Å². The summed E-state index contributed by atoms with van der Waals surface area (Å²) in [5, 5.41) is 12.0. The van der Waals surface area contributed by atoms with Gasteiger partial charge in [0.1, 0.15) is 5.69 Å². The number of alkyl halides is 3. The van der Waals surface area contributed by atoms with E-state index >= 15 is 0 Å². The highest BCUT2D eigenvalue weighted by Crippen LogP contribution is 2.40. The minimum atomic E-state index is -4.58. The van der Waals surface area contributed by atoms with Crippen LogP contribution >= 0.6 is 15.9 Å². The van der Waals surface area contributed by atoms with Crippen LogP contribution in [0, 0.1) is 0 Å². The number of carboxylic acids is 1. The monoisotopic (exact) mass is 335 g/mol. The average Bonchev–Trinajstić information content (AvgIpc) is 2.76. The van der Waals surface area contributed by atoms with Gasteiger partial charge in [-0.15, -0.1) is 0 Å². The molecule has 0 saturated heterocycles. The van der Waals surface area contributed by atoms with E-state index in [0.29, 0.717) is 0 Å². The molecule has 2 rings (SSSR count). The van der Waals surface area contributed by atoms with Gasteiger partial charge in [0, 0.05) is 16.1 Å². The van der Waals surface area contributed by atoms with E-state index in [9.17, 15) is 18.0 Å². The first-order valence-electron chi connectivity index (χ1n) is 4.87. The van der Waals surface area contributed by atoms with Crippen LogP contribution in [0.15, 0.2) is 33.3 Å². The highest BCUT2D eigenvalue weighted by atomic mass is 79.9. The fraction of sp³-hybridized carbons (Fsp3) is 0.0909. The summed E-state index contributed by atoms with van der Waals surface area (Å²) in [6.07, 6.45) is -4.58. The molecule has 1 aromatic carbocycles. The average molecular weight is 336 g/mol. The van der Waals surface area contributed by atoms with E-state index in [1.165, 1.54) is 12.1 Å².